The number of carbonyl (C=O) groups excluding carboxylic acids is 2. The fourth-order valence-electron chi connectivity index (χ4n) is 3.26. The molecule has 8 heteroatoms. The van der Waals surface area contributed by atoms with Gasteiger partial charge in [0.2, 0.25) is 21.8 Å². The van der Waals surface area contributed by atoms with Crippen molar-refractivity contribution < 1.29 is 18.0 Å². The molecule has 0 saturated carbocycles. The maximum Gasteiger partial charge on any atom is 0.248 e. The molecule has 7 nitrogen and oxygen atoms in total. The minimum Gasteiger partial charge on any atom is -0.326 e. The summed E-state index contributed by atoms with van der Waals surface area (Å²) in [6.45, 7) is 4.47. The van der Waals surface area contributed by atoms with E-state index in [4.69, 9.17) is 0 Å². The van der Waals surface area contributed by atoms with E-state index in [1.165, 1.54) is 10.4 Å². The van der Waals surface area contributed by atoms with Gasteiger partial charge >= 0.3 is 0 Å². The molecule has 0 atom stereocenters. The van der Waals surface area contributed by atoms with Gasteiger partial charge in [-0.25, -0.2) is 8.42 Å². The van der Waals surface area contributed by atoms with Crippen LogP contribution in [0.5, 0.6) is 0 Å². The maximum absolute atomic E-state index is 12.2. The molecule has 2 N–H and O–H groups in total. The summed E-state index contributed by atoms with van der Waals surface area (Å²) in [5.74, 6) is 0.140. The van der Waals surface area contributed by atoms with Crippen LogP contribution in [0.1, 0.15) is 32.3 Å². The zero-order chi connectivity index (χ0) is 22.4. The van der Waals surface area contributed by atoms with Crippen molar-refractivity contribution in [2.24, 2.45) is 5.92 Å². The van der Waals surface area contributed by atoms with Gasteiger partial charge in [-0.1, -0.05) is 26.0 Å². The predicted molar refractivity (Wildman–Crippen MR) is 124 cm³/mol. The molecule has 1 aliphatic rings. The summed E-state index contributed by atoms with van der Waals surface area (Å²) in [6.07, 6.45) is 4.17. The number of carbonyl (C=O) groups is 2. The Labute approximate surface area is 183 Å². The third kappa shape index (κ3) is 6.42. The van der Waals surface area contributed by atoms with Crippen LogP contribution in [0.3, 0.4) is 0 Å². The molecular weight excluding hydrogens is 414 g/mol. The first kappa shape index (κ1) is 22.6. The van der Waals surface area contributed by atoms with Crippen molar-refractivity contribution >= 4 is 45.0 Å². The fraction of sp³-hybridized carbons (Fsp3) is 0.304. The van der Waals surface area contributed by atoms with Gasteiger partial charge in [0.25, 0.3) is 0 Å². The zero-order valence-corrected chi connectivity index (χ0v) is 18.5. The number of anilines is 3. The third-order valence-corrected chi connectivity index (χ3v) is 6.61. The molecule has 3 rings (SSSR count). The highest BCUT2D eigenvalue weighted by Gasteiger charge is 2.28. The monoisotopic (exact) mass is 441 g/mol. The SMILES string of the molecule is CC(C)CC(=O)Nc1ccc(NC(=O)/C=C/c2ccc(N3CCCS3(=O)=O)cc2)cc1. The predicted octanol–water partition coefficient (Wildman–Crippen LogP) is 3.86. The van der Waals surface area contributed by atoms with Crippen LogP contribution in [0.2, 0.25) is 0 Å². The first-order valence-corrected chi connectivity index (χ1v) is 11.8. The smallest absolute Gasteiger partial charge is 0.248 e. The minimum absolute atomic E-state index is 0.0388. The normalized spacial score (nSPS) is 15.4. The van der Waals surface area contributed by atoms with Crippen molar-refractivity contribution in [2.75, 3.05) is 27.2 Å². The van der Waals surface area contributed by atoms with E-state index < -0.39 is 10.0 Å². The number of amides is 2. The summed E-state index contributed by atoms with van der Waals surface area (Å²) in [6, 6.07) is 14.0. The van der Waals surface area contributed by atoms with Gasteiger partial charge in [-0.05, 0) is 60.4 Å². The molecule has 1 fully saturated rings. The van der Waals surface area contributed by atoms with Crippen molar-refractivity contribution in [1.82, 2.24) is 0 Å². The van der Waals surface area contributed by atoms with Crippen molar-refractivity contribution in [3.63, 3.8) is 0 Å². The molecule has 2 aromatic carbocycles. The number of nitrogens with zero attached hydrogens (tertiary/aromatic N) is 1. The molecule has 0 bridgehead atoms. The Hall–Kier alpha value is -3.13. The lowest BCUT2D eigenvalue weighted by Crippen LogP contribution is -2.24. The van der Waals surface area contributed by atoms with Crippen molar-refractivity contribution in [1.29, 1.82) is 0 Å². The lowest BCUT2D eigenvalue weighted by atomic mass is 10.1. The quantitative estimate of drug-likeness (QED) is 0.638. The zero-order valence-electron chi connectivity index (χ0n) is 17.7. The fourth-order valence-corrected chi connectivity index (χ4v) is 4.82. The van der Waals surface area contributed by atoms with E-state index in [0.29, 0.717) is 36.4 Å². The molecule has 0 unspecified atom stereocenters. The van der Waals surface area contributed by atoms with Crippen LogP contribution in [0.4, 0.5) is 17.1 Å². The summed E-state index contributed by atoms with van der Waals surface area (Å²) in [5, 5.41) is 5.59. The Balaban J connectivity index is 1.54. The van der Waals surface area contributed by atoms with Crippen LogP contribution >= 0.6 is 0 Å². The number of nitrogens with one attached hydrogen (secondary N) is 2. The maximum atomic E-state index is 12.2. The molecular formula is C23H27N3O4S. The summed E-state index contributed by atoms with van der Waals surface area (Å²) >= 11 is 0. The second-order valence-corrected chi connectivity index (χ2v) is 9.89. The van der Waals surface area contributed by atoms with E-state index in [0.717, 1.165) is 5.56 Å². The summed E-state index contributed by atoms with van der Waals surface area (Å²) < 4.78 is 25.4. The number of hydrogen-bond acceptors (Lipinski definition) is 4. The van der Waals surface area contributed by atoms with E-state index in [1.807, 2.05) is 13.8 Å². The molecule has 0 spiro atoms. The molecule has 2 aromatic rings. The molecule has 1 heterocycles. The van der Waals surface area contributed by atoms with Crippen LogP contribution in [0, 0.1) is 5.92 Å². The summed E-state index contributed by atoms with van der Waals surface area (Å²) in [4.78, 5) is 24.0. The molecule has 0 aliphatic carbocycles. The Morgan fingerprint density at radius 2 is 1.61 bits per heavy atom. The van der Waals surface area contributed by atoms with Crippen molar-refractivity contribution in [3.8, 4) is 0 Å². The van der Waals surface area contributed by atoms with Gasteiger partial charge in [-0.3, -0.25) is 13.9 Å². The number of rotatable bonds is 7. The highest BCUT2D eigenvalue weighted by Crippen LogP contribution is 2.24. The van der Waals surface area contributed by atoms with Gasteiger partial charge in [-0.2, -0.15) is 0 Å². The van der Waals surface area contributed by atoms with Gasteiger partial charge in [0, 0.05) is 30.4 Å². The minimum atomic E-state index is -3.20. The summed E-state index contributed by atoms with van der Waals surface area (Å²) in [7, 11) is -3.20. The summed E-state index contributed by atoms with van der Waals surface area (Å²) in [5.41, 5.74) is 2.73. The largest absolute Gasteiger partial charge is 0.326 e. The van der Waals surface area contributed by atoms with Gasteiger partial charge in [-0.15, -0.1) is 0 Å². The lowest BCUT2D eigenvalue weighted by molar-refractivity contribution is -0.117. The van der Waals surface area contributed by atoms with Crippen LogP contribution in [0.25, 0.3) is 6.08 Å². The highest BCUT2D eigenvalue weighted by molar-refractivity contribution is 7.93. The number of hydrogen-bond donors (Lipinski definition) is 2. The third-order valence-electron chi connectivity index (χ3n) is 4.74. The van der Waals surface area contributed by atoms with E-state index in [-0.39, 0.29) is 23.5 Å². The molecule has 164 valence electrons. The second-order valence-electron chi connectivity index (χ2n) is 7.88. The van der Waals surface area contributed by atoms with Crippen molar-refractivity contribution in [2.45, 2.75) is 26.7 Å². The van der Waals surface area contributed by atoms with Gasteiger partial charge in [0.05, 0.1) is 11.4 Å². The molecule has 1 aliphatic heterocycles. The van der Waals surface area contributed by atoms with Gasteiger partial charge in [0.1, 0.15) is 0 Å². The Bertz CT molecular complexity index is 1060. The topological polar surface area (TPSA) is 95.6 Å². The number of benzene rings is 2. The van der Waals surface area contributed by atoms with Crippen LogP contribution in [0.15, 0.2) is 54.6 Å². The first-order chi connectivity index (χ1) is 14.7. The van der Waals surface area contributed by atoms with Crippen LogP contribution < -0.4 is 14.9 Å². The van der Waals surface area contributed by atoms with E-state index in [1.54, 1.807) is 54.6 Å². The average Bonchev–Trinajstić information content (AvgIpc) is 3.07. The molecule has 1 saturated heterocycles. The number of sulfonamides is 1. The Morgan fingerprint density at radius 3 is 2.16 bits per heavy atom. The Morgan fingerprint density at radius 1 is 1.00 bits per heavy atom. The van der Waals surface area contributed by atoms with Crippen LogP contribution in [-0.4, -0.2) is 32.5 Å². The van der Waals surface area contributed by atoms with E-state index in [2.05, 4.69) is 10.6 Å². The van der Waals surface area contributed by atoms with Gasteiger partial charge < -0.3 is 10.6 Å². The molecule has 0 radical (unpaired) electrons. The molecule has 31 heavy (non-hydrogen) atoms. The second kappa shape index (κ2) is 9.78. The average molecular weight is 442 g/mol. The van der Waals surface area contributed by atoms with Crippen LogP contribution in [-0.2, 0) is 19.6 Å². The standard InChI is InChI=1S/C23H27N3O4S/c1-17(2)16-23(28)25-20-9-7-19(8-10-20)24-22(27)13-6-18-4-11-21(12-5-18)26-14-3-15-31(26,29)30/h4-13,17H,3,14-16H2,1-2H3,(H,24,27)(H,25,28)/b13-6+. The van der Waals surface area contributed by atoms with Gasteiger partial charge in [0.15, 0.2) is 0 Å². The van der Waals surface area contributed by atoms with E-state index in [9.17, 15) is 18.0 Å². The molecule has 0 aromatic heterocycles. The lowest BCUT2D eigenvalue weighted by Gasteiger charge is -2.16. The highest BCUT2D eigenvalue weighted by atomic mass is 32.2. The molecule has 2 amide bonds. The van der Waals surface area contributed by atoms with E-state index >= 15 is 0 Å². The van der Waals surface area contributed by atoms with Crippen molar-refractivity contribution in [3.05, 3.63) is 60.2 Å². The first-order valence-electron chi connectivity index (χ1n) is 10.2. The Kier molecular flexibility index (Phi) is 7.12.